The fraction of sp³-hybridized carbons (Fsp3) is 0.667. The van der Waals surface area contributed by atoms with Gasteiger partial charge in [-0.3, -0.25) is 0 Å². The van der Waals surface area contributed by atoms with E-state index in [2.05, 4.69) is 4.76 Å². The van der Waals surface area contributed by atoms with Gasteiger partial charge in [-0.05, 0) is 6.92 Å². The number of aliphatic carboxylic acids is 1. The zero-order valence-electron chi connectivity index (χ0n) is 7.65. The van der Waals surface area contributed by atoms with Crippen LogP contribution in [0.5, 0.6) is 0 Å². The Labute approximate surface area is 87.6 Å². The third kappa shape index (κ3) is 6.05. The normalized spacial score (nSPS) is 14.0. The van der Waals surface area contributed by atoms with Gasteiger partial charge in [-0.25, -0.2) is 9.36 Å². The Bertz CT molecular complexity index is 299. The molecular weight excluding hydrogens is 225 g/mol. The van der Waals surface area contributed by atoms with E-state index in [4.69, 9.17) is 20.6 Å². The molecule has 0 saturated heterocycles. The first-order valence-electron chi connectivity index (χ1n) is 3.52. The lowest BCUT2D eigenvalue weighted by Gasteiger charge is -2.21. The van der Waals surface area contributed by atoms with E-state index in [0.717, 1.165) is 4.90 Å². The molecule has 0 aromatic heterocycles. The van der Waals surface area contributed by atoms with Crippen LogP contribution in [-0.4, -0.2) is 44.8 Å². The summed E-state index contributed by atoms with van der Waals surface area (Å²) in [6.45, 7) is 1.31. The molecule has 0 aromatic carbocycles. The Morgan fingerprint density at radius 3 is 2.20 bits per heavy atom. The van der Waals surface area contributed by atoms with Gasteiger partial charge >= 0.3 is 13.7 Å². The Morgan fingerprint density at radius 1 is 1.53 bits per heavy atom. The van der Waals surface area contributed by atoms with Crippen LogP contribution < -0.4 is 5.73 Å². The van der Waals surface area contributed by atoms with Crippen molar-refractivity contribution in [3.05, 3.63) is 0 Å². The van der Waals surface area contributed by atoms with Crippen LogP contribution in [0.3, 0.4) is 0 Å². The fourth-order valence-corrected chi connectivity index (χ4v) is 0.976. The predicted octanol–water partition coefficient (Wildman–Crippen LogP) is -0.565. The van der Waals surface area contributed by atoms with Crippen molar-refractivity contribution in [2.45, 2.75) is 20.4 Å². The van der Waals surface area contributed by atoms with Crippen LogP contribution in [0.15, 0.2) is 4.76 Å². The predicted molar refractivity (Wildman–Crippen MR) is 55.3 cm³/mol. The highest BCUT2D eigenvalue weighted by atomic mass is 31.2. The quantitative estimate of drug-likeness (QED) is 0.295. The smallest absolute Gasteiger partial charge is 0.451 e. The lowest BCUT2D eigenvalue weighted by atomic mass is 10.3. The van der Waals surface area contributed by atoms with Crippen molar-refractivity contribution in [2.24, 2.45) is 10.5 Å². The summed E-state index contributed by atoms with van der Waals surface area (Å²) >= 11 is 0. The molecule has 9 heteroatoms. The maximum Gasteiger partial charge on any atom is 0.451 e. The lowest BCUT2D eigenvalue weighted by molar-refractivity contribution is -0.140. The van der Waals surface area contributed by atoms with E-state index in [-0.39, 0.29) is 7.43 Å². The highest BCUT2D eigenvalue weighted by molar-refractivity contribution is 7.50. The Balaban J connectivity index is 0. The van der Waals surface area contributed by atoms with Gasteiger partial charge in [0.2, 0.25) is 5.96 Å². The minimum absolute atomic E-state index is 0. The largest absolute Gasteiger partial charge is 0.480 e. The summed E-state index contributed by atoms with van der Waals surface area (Å²) in [4.78, 5) is 28.3. The molecular formula is C6H16N3O5P. The van der Waals surface area contributed by atoms with Gasteiger partial charge in [0, 0.05) is 7.05 Å². The van der Waals surface area contributed by atoms with Gasteiger partial charge in [-0.2, -0.15) is 0 Å². The first kappa shape index (κ1) is 16.3. The third-order valence-corrected chi connectivity index (χ3v) is 2.00. The number of nitrogens with two attached hydrogens (primary N) is 1. The lowest BCUT2D eigenvalue weighted by Crippen LogP contribution is -2.44. The molecule has 0 aliphatic carbocycles. The summed E-state index contributed by atoms with van der Waals surface area (Å²) in [6, 6.07) is -1.01. The van der Waals surface area contributed by atoms with Gasteiger partial charge < -0.3 is 25.5 Å². The number of guanidine groups is 1. The second-order valence-electron chi connectivity index (χ2n) is 2.60. The summed E-state index contributed by atoms with van der Waals surface area (Å²) in [5.74, 6) is -1.69. The van der Waals surface area contributed by atoms with Crippen LogP contribution in [0.2, 0.25) is 0 Å². The Kier molecular flexibility index (Phi) is 6.20. The molecule has 0 aliphatic rings. The second kappa shape index (κ2) is 5.69. The van der Waals surface area contributed by atoms with E-state index >= 15 is 0 Å². The molecule has 0 rings (SSSR count). The average molecular weight is 241 g/mol. The van der Waals surface area contributed by atoms with Crippen LogP contribution in [0.25, 0.3) is 0 Å². The summed E-state index contributed by atoms with van der Waals surface area (Å²) < 4.78 is 13.2. The third-order valence-electron chi connectivity index (χ3n) is 1.53. The number of rotatable bonds is 3. The van der Waals surface area contributed by atoms with E-state index in [1.807, 2.05) is 0 Å². The standard InChI is InChI=1S/C5H12N3O5P.CH4/c1-3(4(9)10)8(2)5(6)7-14(11,12)13;/h3H,1-2H3,(H,9,10)(H4,6,7,11,12,13);1H4/t3-;/m1./s1. The van der Waals surface area contributed by atoms with Gasteiger partial charge in [-0.15, -0.1) is 4.76 Å². The maximum absolute atomic E-state index is 10.5. The molecule has 5 N–H and O–H groups in total. The molecule has 8 nitrogen and oxygen atoms in total. The first-order valence-corrected chi connectivity index (χ1v) is 5.08. The second-order valence-corrected chi connectivity index (χ2v) is 3.82. The number of carbonyl (C=O) groups is 1. The molecule has 0 bridgehead atoms. The first-order chi connectivity index (χ1) is 6.15. The molecule has 0 spiro atoms. The van der Waals surface area contributed by atoms with E-state index in [1.165, 1.54) is 14.0 Å². The number of hydrogen-bond acceptors (Lipinski definition) is 2. The Morgan fingerprint density at radius 2 is 1.93 bits per heavy atom. The van der Waals surface area contributed by atoms with Gasteiger partial charge in [0.1, 0.15) is 6.04 Å². The van der Waals surface area contributed by atoms with Crippen LogP contribution in [0.1, 0.15) is 14.4 Å². The summed E-state index contributed by atoms with van der Waals surface area (Å²) in [5, 5.41) is 8.55. The van der Waals surface area contributed by atoms with Crippen molar-refractivity contribution in [3.8, 4) is 0 Å². The van der Waals surface area contributed by atoms with Gasteiger partial charge in [0.15, 0.2) is 0 Å². The fourth-order valence-electron chi connectivity index (χ4n) is 0.568. The van der Waals surface area contributed by atoms with E-state index in [0.29, 0.717) is 0 Å². The zero-order valence-corrected chi connectivity index (χ0v) is 8.55. The van der Waals surface area contributed by atoms with Crippen molar-refractivity contribution in [1.29, 1.82) is 0 Å². The van der Waals surface area contributed by atoms with Crippen LogP contribution in [0.4, 0.5) is 0 Å². The van der Waals surface area contributed by atoms with Crippen molar-refractivity contribution in [1.82, 2.24) is 4.90 Å². The monoisotopic (exact) mass is 241 g/mol. The molecule has 0 fully saturated rings. The summed E-state index contributed by atoms with van der Waals surface area (Å²) in [5.41, 5.74) is 5.16. The minimum atomic E-state index is -4.62. The molecule has 15 heavy (non-hydrogen) atoms. The van der Waals surface area contributed by atoms with E-state index in [1.54, 1.807) is 0 Å². The summed E-state index contributed by atoms with van der Waals surface area (Å²) in [7, 11) is -3.35. The molecule has 1 atom stereocenters. The molecule has 0 unspecified atom stereocenters. The SMILES string of the molecule is C.C[C@H](C(=O)O)N(C)C(N)=NP(=O)(O)O. The van der Waals surface area contributed by atoms with Crippen molar-refractivity contribution in [3.63, 3.8) is 0 Å². The van der Waals surface area contributed by atoms with Crippen molar-refractivity contribution < 1.29 is 24.3 Å². The van der Waals surface area contributed by atoms with Gasteiger partial charge in [0.05, 0.1) is 0 Å². The molecule has 0 saturated carbocycles. The molecule has 90 valence electrons. The molecule has 0 aromatic rings. The van der Waals surface area contributed by atoms with Gasteiger partial charge in [-0.1, -0.05) is 7.43 Å². The Hall–Kier alpha value is -1.11. The molecule has 0 aliphatic heterocycles. The highest BCUT2D eigenvalue weighted by Crippen LogP contribution is 2.36. The molecule has 0 amide bonds. The topological polar surface area (TPSA) is 136 Å². The van der Waals surface area contributed by atoms with Crippen LogP contribution >= 0.6 is 7.75 Å². The molecule has 0 heterocycles. The average Bonchev–Trinajstić information content (AvgIpc) is 1.98. The van der Waals surface area contributed by atoms with Crippen molar-refractivity contribution >= 4 is 19.7 Å². The number of carboxylic acid groups (broad SMARTS) is 1. The number of nitrogens with zero attached hydrogens (tertiary/aromatic N) is 2. The van der Waals surface area contributed by atoms with E-state index in [9.17, 15) is 9.36 Å². The highest BCUT2D eigenvalue weighted by Gasteiger charge is 2.21. The van der Waals surface area contributed by atoms with Crippen molar-refractivity contribution in [2.75, 3.05) is 7.05 Å². The minimum Gasteiger partial charge on any atom is -0.480 e. The maximum atomic E-state index is 10.5. The number of carboxylic acids is 1. The van der Waals surface area contributed by atoms with Crippen LogP contribution in [-0.2, 0) is 9.36 Å². The number of likely N-dealkylation sites (N-methyl/N-ethyl adjacent to an activating group) is 1. The van der Waals surface area contributed by atoms with Crippen LogP contribution in [0, 0.1) is 0 Å². The summed E-state index contributed by atoms with van der Waals surface area (Å²) in [6.07, 6.45) is 0. The number of hydrogen-bond donors (Lipinski definition) is 4. The zero-order chi connectivity index (χ0) is 11.5. The van der Waals surface area contributed by atoms with Gasteiger partial charge in [0.25, 0.3) is 0 Å². The van der Waals surface area contributed by atoms with E-state index < -0.39 is 25.7 Å². The molecule has 0 radical (unpaired) electrons.